The molecule has 1 aliphatic heterocycles. The summed E-state index contributed by atoms with van der Waals surface area (Å²) in [6.07, 6.45) is 1.69. The van der Waals surface area contributed by atoms with Gasteiger partial charge in [-0.1, -0.05) is 18.2 Å². The second kappa shape index (κ2) is 9.15. The van der Waals surface area contributed by atoms with Gasteiger partial charge in [0.15, 0.2) is 0 Å². The lowest BCUT2D eigenvalue weighted by Crippen LogP contribution is -2.43. The molecular formula is C17H24N2O4. The number of rotatable bonds is 7. The van der Waals surface area contributed by atoms with Crippen molar-refractivity contribution in [1.29, 1.82) is 0 Å². The van der Waals surface area contributed by atoms with Gasteiger partial charge < -0.3 is 9.64 Å². The first-order valence-corrected chi connectivity index (χ1v) is 8.08. The molecule has 126 valence electrons. The molecule has 1 aromatic carbocycles. The number of para-hydroxylation sites is 1. The molecule has 2 amide bonds. The van der Waals surface area contributed by atoms with Crippen LogP contribution < -0.4 is 10.2 Å². The standard InChI is InChI=1S/C17H24N2O4/c1-2-23-18-17(21)14-8-11-19(12-9-14)16(20)10-13-22-15-6-4-3-5-7-15/h3-7,14H,2,8-13H2,1H3,(H,18,21). The van der Waals surface area contributed by atoms with Crippen LogP contribution in [0.1, 0.15) is 26.2 Å². The summed E-state index contributed by atoms with van der Waals surface area (Å²) in [4.78, 5) is 30.7. The summed E-state index contributed by atoms with van der Waals surface area (Å²) < 4.78 is 5.54. The number of nitrogens with one attached hydrogen (secondary N) is 1. The number of hydroxylamine groups is 1. The van der Waals surface area contributed by atoms with Gasteiger partial charge >= 0.3 is 0 Å². The maximum absolute atomic E-state index is 12.2. The molecule has 0 radical (unpaired) electrons. The van der Waals surface area contributed by atoms with Crippen molar-refractivity contribution in [2.75, 3.05) is 26.3 Å². The van der Waals surface area contributed by atoms with Gasteiger partial charge in [0.1, 0.15) is 5.75 Å². The third kappa shape index (κ3) is 5.56. The van der Waals surface area contributed by atoms with Crippen LogP contribution in [0.3, 0.4) is 0 Å². The van der Waals surface area contributed by atoms with E-state index in [1.54, 1.807) is 4.90 Å². The van der Waals surface area contributed by atoms with E-state index < -0.39 is 0 Å². The Labute approximate surface area is 136 Å². The van der Waals surface area contributed by atoms with Gasteiger partial charge in [0.05, 0.1) is 19.6 Å². The van der Waals surface area contributed by atoms with Crippen molar-refractivity contribution in [3.63, 3.8) is 0 Å². The Kier molecular flexibility index (Phi) is 6.87. The molecule has 0 aromatic heterocycles. The summed E-state index contributed by atoms with van der Waals surface area (Å²) in [5.74, 6) is 0.675. The van der Waals surface area contributed by atoms with Crippen molar-refractivity contribution in [3.05, 3.63) is 30.3 Å². The van der Waals surface area contributed by atoms with E-state index in [2.05, 4.69) is 5.48 Å². The molecule has 0 aliphatic carbocycles. The highest BCUT2D eigenvalue weighted by Crippen LogP contribution is 2.18. The maximum atomic E-state index is 12.2. The third-order valence-electron chi connectivity index (χ3n) is 3.86. The Morgan fingerprint density at radius 2 is 1.91 bits per heavy atom. The molecule has 1 fully saturated rings. The van der Waals surface area contributed by atoms with E-state index >= 15 is 0 Å². The van der Waals surface area contributed by atoms with Crippen molar-refractivity contribution in [3.8, 4) is 5.75 Å². The van der Waals surface area contributed by atoms with E-state index in [-0.39, 0.29) is 17.7 Å². The number of carbonyl (C=O) groups is 2. The first-order chi connectivity index (χ1) is 11.2. The molecule has 23 heavy (non-hydrogen) atoms. The number of piperidine rings is 1. The number of amides is 2. The highest BCUT2D eigenvalue weighted by atomic mass is 16.6. The van der Waals surface area contributed by atoms with E-state index in [0.717, 1.165) is 5.75 Å². The van der Waals surface area contributed by atoms with Crippen molar-refractivity contribution < 1.29 is 19.2 Å². The zero-order chi connectivity index (χ0) is 16.5. The lowest BCUT2D eigenvalue weighted by Gasteiger charge is -2.31. The Balaban J connectivity index is 1.66. The number of likely N-dealkylation sites (tertiary alicyclic amines) is 1. The van der Waals surface area contributed by atoms with E-state index in [4.69, 9.17) is 9.57 Å². The fourth-order valence-electron chi connectivity index (χ4n) is 2.55. The van der Waals surface area contributed by atoms with Gasteiger partial charge in [0.2, 0.25) is 11.8 Å². The largest absolute Gasteiger partial charge is 0.493 e. The van der Waals surface area contributed by atoms with Crippen LogP contribution in [0.25, 0.3) is 0 Å². The number of hydrogen-bond acceptors (Lipinski definition) is 4. The Bertz CT molecular complexity index is 499. The van der Waals surface area contributed by atoms with E-state index in [1.165, 1.54) is 0 Å². The van der Waals surface area contributed by atoms with Gasteiger partial charge in [-0.2, -0.15) is 0 Å². The smallest absolute Gasteiger partial charge is 0.246 e. The summed E-state index contributed by atoms with van der Waals surface area (Å²) in [5.41, 5.74) is 2.44. The molecule has 1 heterocycles. The van der Waals surface area contributed by atoms with E-state index in [1.807, 2.05) is 37.3 Å². The van der Waals surface area contributed by atoms with Gasteiger partial charge in [-0.25, -0.2) is 5.48 Å². The van der Waals surface area contributed by atoms with Crippen LogP contribution in [0.5, 0.6) is 5.75 Å². The topological polar surface area (TPSA) is 67.9 Å². The summed E-state index contributed by atoms with van der Waals surface area (Å²) in [6, 6.07) is 9.45. The minimum Gasteiger partial charge on any atom is -0.493 e. The van der Waals surface area contributed by atoms with Gasteiger partial charge in [0, 0.05) is 19.0 Å². The number of ether oxygens (including phenoxy) is 1. The number of carbonyl (C=O) groups excluding carboxylic acids is 2. The van der Waals surface area contributed by atoms with E-state index in [0.29, 0.717) is 45.6 Å². The second-order valence-corrected chi connectivity index (χ2v) is 5.47. The normalized spacial score (nSPS) is 15.3. The minimum absolute atomic E-state index is 0.0737. The van der Waals surface area contributed by atoms with Gasteiger partial charge in [0.25, 0.3) is 0 Å². The van der Waals surface area contributed by atoms with Crippen molar-refractivity contribution in [1.82, 2.24) is 10.4 Å². The highest BCUT2D eigenvalue weighted by Gasteiger charge is 2.27. The van der Waals surface area contributed by atoms with Crippen LogP contribution in [0.2, 0.25) is 0 Å². The SMILES string of the molecule is CCONC(=O)C1CCN(C(=O)CCOc2ccccc2)CC1. The molecule has 0 spiro atoms. The fourth-order valence-corrected chi connectivity index (χ4v) is 2.55. The van der Waals surface area contributed by atoms with Crippen LogP contribution in [0.4, 0.5) is 0 Å². The molecule has 1 saturated heterocycles. The molecular weight excluding hydrogens is 296 g/mol. The van der Waals surface area contributed by atoms with Gasteiger partial charge in [-0.15, -0.1) is 0 Å². The van der Waals surface area contributed by atoms with Crippen LogP contribution in [0, 0.1) is 5.92 Å². The molecule has 1 aliphatic rings. The Hall–Kier alpha value is -2.08. The molecule has 1 aromatic rings. The molecule has 2 rings (SSSR count). The van der Waals surface area contributed by atoms with Crippen molar-refractivity contribution in [2.24, 2.45) is 5.92 Å². The Morgan fingerprint density at radius 1 is 1.22 bits per heavy atom. The van der Waals surface area contributed by atoms with Crippen molar-refractivity contribution >= 4 is 11.8 Å². The maximum Gasteiger partial charge on any atom is 0.246 e. The monoisotopic (exact) mass is 320 g/mol. The van der Waals surface area contributed by atoms with Crippen LogP contribution in [0.15, 0.2) is 30.3 Å². The predicted octanol–water partition coefficient (Wildman–Crippen LogP) is 1.76. The summed E-state index contributed by atoms with van der Waals surface area (Å²) in [5, 5.41) is 0. The molecule has 6 nitrogen and oxygen atoms in total. The number of hydrogen-bond donors (Lipinski definition) is 1. The minimum atomic E-state index is -0.0913. The molecule has 0 atom stereocenters. The molecule has 0 bridgehead atoms. The lowest BCUT2D eigenvalue weighted by atomic mass is 9.96. The van der Waals surface area contributed by atoms with E-state index in [9.17, 15) is 9.59 Å². The quantitative estimate of drug-likeness (QED) is 0.777. The van der Waals surface area contributed by atoms with Crippen LogP contribution in [-0.2, 0) is 14.4 Å². The molecule has 0 saturated carbocycles. The summed E-state index contributed by atoms with van der Waals surface area (Å²) >= 11 is 0. The number of benzene rings is 1. The molecule has 6 heteroatoms. The summed E-state index contributed by atoms with van der Waals surface area (Å²) in [7, 11) is 0. The van der Waals surface area contributed by atoms with Crippen LogP contribution in [-0.4, -0.2) is 43.0 Å². The first-order valence-electron chi connectivity index (χ1n) is 8.08. The first kappa shape index (κ1) is 17.3. The van der Waals surface area contributed by atoms with Gasteiger partial charge in [-0.3, -0.25) is 14.4 Å². The highest BCUT2D eigenvalue weighted by molar-refractivity contribution is 5.79. The average Bonchev–Trinajstić information content (AvgIpc) is 2.60. The lowest BCUT2D eigenvalue weighted by molar-refractivity contribution is -0.142. The number of nitrogens with zero attached hydrogens (tertiary/aromatic N) is 1. The average molecular weight is 320 g/mol. The van der Waals surface area contributed by atoms with Crippen molar-refractivity contribution in [2.45, 2.75) is 26.2 Å². The third-order valence-corrected chi connectivity index (χ3v) is 3.86. The molecule has 1 N–H and O–H groups in total. The predicted molar refractivity (Wildman–Crippen MR) is 85.6 cm³/mol. The summed E-state index contributed by atoms with van der Waals surface area (Å²) in [6.45, 7) is 3.85. The zero-order valence-corrected chi connectivity index (χ0v) is 13.5. The second-order valence-electron chi connectivity index (χ2n) is 5.47. The fraction of sp³-hybridized carbons (Fsp3) is 0.529. The van der Waals surface area contributed by atoms with Gasteiger partial charge in [-0.05, 0) is 31.9 Å². The molecule has 0 unspecified atom stereocenters. The van der Waals surface area contributed by atoms with Crippen LogP contribution >= 0.6 is 0 Å². The zero-order valence-electron chi connectivity index (χ0n) is 13.5. The Morgan fingerprint density at radius 3 is 2.57 bits per heavy atom.